The van der Waals surface area contributed by atoms with E-state index in [9.17, 15) is 66.3 Å². The fourth-order valence-corrected chi connectivity index (χ4v) is 9.16. The van der Waals surface area contributed by atoms with Gasteiger partial charge in [-0.2, -0.15) is 10.2 Å². The molecule has 0 saturated carbocycles. The summed E-state index contributed by atoms with van der Waals surface area (Å²) in [6, 6.07) is 22.3. The molecule has 6 aromatic carbocycles. The van der Waals surface area contributed by atoms with Gasteiger partial charge < -0.3 is 28.8 Å². The molecule has 0 unspecified atom stereocenters. The van der Waals surface area contributed by atoms with Gasteiger partial charge in [0.15, 0.2) is 0 Å². The number of ketones is 2. The molecular weight excluding hydrogens is 1040 g/mol. The molecule has 0 heterocycles. The van der Waals surface area contributed by atoms with Crippen LogP contribution in [0.2, 0.25) is 0 Å². The Bertz CT molecular complexity index is 3550. The van der Waals surface area contributed by atoms with Crippen LogP contribution in [0, 0.1) is 0 Å². The van der Waals surface area contributed by atoms with Crippen molar-refractivity contribution in [2.45, 2.75) is 9.79 Å². The molecule has 2 aliphatic rings. The number of rotatable bonds is 10. The van der Waals surface area contributed by atoms with Gasteiger partial charge >= 0.3 is 124 Å². The molecule has 0 aromatic heterocycles. The molecule has 0 spiro atoms. The molecule has 21 nitrogen and oxygen atoms in total. The van der Waals surface area contributed by atoms with E-state index in [1.165, 1.54) is 84.9 Å². The van der Waals surface area contributed by atoms with Crippen molar-refractivity contribution >= 4 is 126 Å². The normalized spacial score (nSPS) is 14.6. The molecule has 2 amide bonds. The number of carbonyl (C=O) groups is 3. The Kier molecular flexibility index (Phi) is 19.2. The number of urea groups is 1. The Morgan fingerprint density at radius 1 is 0.414 bits per heavy atom. The molecule has 2 aliphatic carbocycles. The van der Waals surface area contributed by atoms with Crippen molar-refractivity contribution < 1.29 is 184 Å². The average Bonchev–Trinajstić information content (AvgIpc) is 3.23. The zero-order valence-electron chi connectivity index (χ0n) is 36.7. The van der Waals surface area contributed by atoms with Crippen molar-refractivity contribution in [3.8, 4) is 0 Å². The summed E-state index contributed by atoms with van der Waals surface area (Å²) in [6.45, 7) is 0. The van der Waals surface area contributed by atoms with Crippen molar-refractivity contribution in [3.63, 3.8) is 0 Å². The molecule has 29 heteroatoms. The second-order valence-corrected chi connectivity index (χ2v) is 19.7. The van der Waals surface area contributed by atoms with Crippen LogP contribution in [0.15, 0.2) is 139 Å². The maximum Gasteiger partial charge on any atom is 1.00 e. The monoisotopic (exact) mass is 1060 g/mol. The standard InChI is InChI=1S/C41H28N6O15S4.4Na/c48-39-33-11-7-27(15-25(33)19-35(65(57,58)59)37(39)46-44-29-5-1-23-17-31(63(51,52)53)9-3-21(23)13-29)42-41(50)43-28-8-12-34-26(16-28)20-36(66(60,61)62)38(40(34)49)47-45-30-6-2-24-18-32(64(54,55)56)10-4-22(24)14-30;;;;/h1-20,44-45H,(H2,42,43,50)(H,51,52,53)(H,54,55,56)(H,57,58,59)(H,60,61,62);;;;/q;4*+1/p-4/b46-37-,47-38-;;;;. The maximum absolute atomic E-state index is 13.5. The summed E-state index contributed by atoms with van der Waals surface area (Å²) in [5.74, 6) is -1.94. The van der Waals surface area contributed by atoms with E-state index < -0.39 is 89.1 Å². The molecule has 0 saturated heterocycles. The van der Waals surface area contributed by atoms with Gasteiger partial charge in [0.05, 0.1) is 31.0 Å². The van der Waals surface area contributed by atoms with Crippen LogP contribution in [0.5, 0.6) is 0 Å². The Hall–Kier alpha value is -3.49. The first-order chi connectivity index (χ1) is 30.9. The summed E-state index contributed by atoms with van der Waals surface area (Å²) in [4.78, 5) is 37.2. The van der Waals surface area contributed by atoms with Gasteiger partial charge in [-0.1, -0.05) is 24.3 Å². The minimum Gasteiger partial charge on any atom is -0.744 e. The Labute approximate surface area is 486 Å². The van der Waals surface area contributed by atoms with Crippen LogP contribution in [-0.4, -0.2) is 80.9 Å². The number of amides is 2. The molecule has 6 aromatic rings. The van der Waals surface area contributed by atoms with Crippen molar-refractivity contribution in [1.29, 1.82) is 0 Å². The van der Waals surface area contributed by atoms with Crippen molar-refractivity contribution in [3.05, 3.63) is 141 Å². The fraction of sp³-hybridized carbons (Fsp3) is 0. The first kappa shape index (κ1) is 59.1. The molecule has 0 fully saturated rings. The number of hydrogen-bond acceptors (Lipinski definition) is 19. The number of benzene rings is 6. The van der Waals surface area contributed by atoms with Crippen molar-refractivity contribution in [1.82, 2.24) is 0 Å². The third-order valence-electron chi connectivity index (χ3n) is 9.91. The zero-order chi connectivity index (χ0) is 47.5. The topological polar surface area (TPSA) is 353 Å². The second-order valence-electron chi connectivity index (χ2n) is 14.3. The summed E-state index contributed by atoms with van der Waals surface area (Å²) < 4.78 is 142. The maximum atomic E-state index is 13.5. The number of anilines is 4. The van der Waals surface area contributed by atoms with Crippen LogP contribution < -0.4 is 140 Å². The van der Waals surface area contributed by atoms with Crippen LogP contribution in [0.4, 0.5) is 27.5 Å². The smallest absolute Gasteiger partial charge is 0.744 e. The number of fused-ring (bicyclic) bond motifs is 4. The first-order valence-electron chi connectivity index (χ1n) is 18.4. The third kappa shape index (κ3) is 13.2. The number of carbonyl (C=O) groups excluding carboxylic acids is 3. The summed E-state index contributed by atoms with van der Waals surface area (Å²) >= 11 is 0. The van der Waals surface area contributed by atoms with E-state index in [1.807, 2.05) is 0 Å². The van der Waals surface area contributed by atoms with E-state index >= 15 is 0 Å². The number of hydrazone groups is 2. The Morgan fingerprint density at radius 3 is 1.09 bits per heavy atom. The van der Waals surface area contributed by atoms with E-state index in [1.54, 1.807) is 0 Å². The molecule has 0 radical (unpaired) electrons. The second kappa shape index (κ2) is 22.7. The molecular formula is C41H24N6Na4O15S4. The summed E-state index contributed by atoms with van der Waals surface area (Å²) in [7, 11) is -20.1. The van der Waals surface area contributed by atoms with Crippen LogP contribution in [-0.2, 0) is 40.5 Å². The van der Waals surface area contributed by atoms with Gasteiger partial charge in [0.25, 0.3) is 0 Å². The largest absolute Gasteiger partial charge is 1.00 e. The number of Topliss-reactive ketones (excluding diaryl/α,β-unsaturated/α-hetero) is 2. The van der Waals surface area contributed by atoms with E-state index in [2.05, 4.69) is 31.7 Å². The van der Waals surface area contributed by atoms with Crippen molar-refractivity contribution in [2.24, 2.45) is 10.2 Å². The van der Waals surface area contributed by atoms with Gasteiger partial charge in [0.2, 0.25) is 11.6 Å². The van der Waals surface area contributed by atoms with Gasteiger partial charge in [-0.3, -0.25) is 20.4 Å². The Morgan fingerprint density at radius 2 is 0.743 bits per heavy atom. The molecule has 0 atom stereocenters. The van der Waals surface area contributed by atoms with E-state index in [0.717, 1.165) is 36.4 Å². The fourth-order valence-electron chi connectivity index (χ4n) is 6.86. The summed E-state index contributed by atoms with van der Waals surface area (Å²) in [5, 5.41) is 14.4. The predicted octanol–water partition coefficient (Wildman–Crippen LogP) is -7.44. The van der Waals surface area contributed by atoms with E-state index in [0.29, 0.717) is 21.5 Å². The average molecular weight is 1060 g/mol. The zero-order valence-corrected chi connectivity index (χ0v) is 48.0. The van der Waals surface area contributed by atoms with Crippen LogP contribution in [0.25, 0.3) is 33.7 Å². The number of allylic oxidation sites excluding steroid dienone is 2. The van der Waals surface area contributed by atoms with Crippen LogP contribution in [0.3, 0.4) is 0 Å². The van der Waals surface area contributed by atoms with Gasteiger partial charge in [-0.15, -0.1) is 0 Å². The number of nitrogens with zero attached hydrogens (tertiary/aromatic N) is 2. The third-order valence-corrected chi connectivity index (χ3v) is 13.3. The SMILES string of the molecule is O=C(Nc1ccc2c(c1)C=C(S(=O)(=O)[O-])/C(=N/Nc1ccc3cc(S(=O)(=O)[O-])ccc3c1)C2=O)Nc1ccc2c(c1)C=C(S(=O)(=O)[O-])/C(=N/Nc1ccc3cc(S(=O)(=O)[O-])ccc3c1)C2=O.[Na+].[Na+].[Na+].[Na+]. The number of hydrogen-bond donors (Lipinski definition) is 4. The molecule has 336 valence electrons. The number of nitrogens with one attached hydrogen (secondary N) is 4. The van der Waals surface area contributed by atoms with Crippen LogP contribution in [0.1, 0.15) is 31.8 Å². The Balaban J connectivity index is 0.00000266. The molecule has 0 aliphatic heterocycles. The van der Waals surface area contributed by atoms with E-state index in [-0.39, 0.29) is 163 Å². The molecule has 70 heavy (non-hydrogen) atoms. The van der Waals surface area contributed by atoms with Crippen LogP contribution >= 0.6 is 0 Å². The van der Waals surface area contributed by atoms with Crippen molar-refractivity contribution in [2.75, 3.05) is 21.5 Å². The van der Waals surface area contributed by atoms with Gasteiger partial charge in [0.1, 0.15) is 51.9 Å². The predicted molar refractivity (Wildman–Crippen MR) is 235 cm³/mol. The summed E-state index contributed by atoms with van der Waals surface area (Å²) in [6.07, 6.45) is 1.78. The molecule has 0 bridgehead atoms. The van der Waals surface area contributed by atoms with Gasteiger partial charge in [-0.05, 0) is 130 Å². The molecule has 4 N–H and O–H groups in total. The van der Waals surface area contributed by atoms with E-state index in [4.69, 9.17) is 0 Å². The molecule has 8 rings (SSSR count). The van der Waals surface area contributed by atoms with Gasteiger partial charge in [-0.25, -0.2) is 38.5 Å². The first-order valence-corrected chi connectivity index (χ1v) is 24.0. The van der Waals surface area contributed by atoms with Gasteiger partial charge in [0, 0.05) is 22.5 Å². The quantitative estimate of drug-likeness (QED) is 0.0562. The minimum absolute atomic E-state index is 0. The minimum atomic E-state index is -5.33. The summed E-state index contributed by atoms with van der Waals surface area (Å²) in [5.41, 5.74) is 3.57.